The first-order valence-corrected chi connectivity index (χ1v) is 12.7. The molecule has 0 aliphatic heterocycles. The van der Waals surface area contributed by atoms with Crippen molar-refractivity contribution in [2.45, 2.75) is 44.6 Å². The molecule has 3 aromatic rings. The van der Waals surface area contributed by atoms with Gasteiger partial charge in [0.05, 0.1) is 6.42 Å². The van der Waals surface area contributed by atoms with E-state index in [9.17, 15) is 13.6 Å². The van der Waals surface area contributed by atoms with Gasteiger partial charge in [-0.1, -0.05) is 36.4 Å². The monoisotopic (exact) mass is 495 g/mol. The molecule has 6 heteroatoms. The molecule has 0 unspecified atom stereocenters. The van der Waals surface area contributed by atoms with E-state index in [-0.39, 0.29) is 6.42 Å². The van der Waals surface area contributed by atoms with Gasteiger partial charge in [-0.25, -0.2) is 8.78 Å². The van der Waals surface area contributed by atoms with Crippen LogP contribution in [-0.2, 0) is 11.3 Å². The Morgan fingerprint density at radius 1 is 0.943 bits per heavy atom. The molecule has 3 nitrogen and oxygen atoms in total. The second-order valence-electron chi connectivity index (χ2n) is 8.59. The molecular weight excluding hydrogens is 464 g/mol. The van der Waals surface area contributed by atoms with Crippen LogP contribution in [0, 0.1) is 25.5 Å². The lowest BCUT2D eigenvalue weighted by Crippen LogP contribution is -2.17. The summed E-state index contributed by atoms with van der Waals surface area (Å²) in [7, 11) is 0. The van der Waals surface area contributed by atoms with Crippen LogP contribution in [-0.4, -0.2) is 23.4 Å². The summed E-state index contributed by atoms with van der Waals surface area (Å²) in [5.74, 6) is -1.08. The number of hydrogen-bond acceptors (Lipinski definition) is 3. The van der Waals surface area contributed by atoms with Crippen molar-refractivity contribution in [1.29, 1.82) is 0 Å². The molecule has 2 N–H and O–H groups in total. The molecule has 0 heterocycles. The number of halogens is 2. The zero-order chi connectivity index (χ0) is 25.2. The molecule has 0 spiro atoms. The van der Waals surface area contributed by atoms with Gasteiger partial charge in [-0.05, 0) is 90.1 Å². The number of nitrogens with one attached hydrogen (secondary N) is 1. The summed E-state index contributed by atoms with van der Waals surface area (Å²) in [4.78, 5) is 11.7. The van der Waals surface area contributed by atoms with E-state index >= 15 is 0 Å². The molecule has 0 aliphatic carbocycles. The number of allylic oxidation sites excluding steroid dienone is 1. The third-order valence-corrected chi connectivity index (χ3v) is 6.83. The SMILES string of the molecule is Cc1ccc(/C=C(\CCCSc2ccc(CNCCC(=O)O)cc2)c2cc(F)cc(F)c2)cc1C. The summed E-state index contributed by atoms with van der Waals surface area (Å²) in [5, 5.41) is 11.8. The maximum absolute atomic E-state index is 13.9. The lowest BCUT2D eigenvalue weighted by molar-refractivity contribution is -0.136. The number of thioether (sulfide) groups is 1. The molecule has 0 fully saturated rings. The largest absolute Gasteiger partial charge is 0.481 e. The average molecular weight is 496 g/mol. The van der Waals surface area contributed by atoms with Gasteiger partial charge in [0.1, 0.15) is 11.6 Å². The first-order chi connectivity index (χ1) is 16.8. The van der Waals surface area contributed by atoms with Crippen molar-refractivity contribution in [2.24, 2.45) is 0 Å². The minimum atomic E-state index is -0.807. The van der Waals surface area contributed by atoms with Crippen LogP contribution in [0.2, 0.25) is 0 Å². The summed E-state index contributed by atoms with van der Waals surface area (Å²) in [6.45, 7) is 5.20. The van der Waals surface area contributed by atoms with Crippen LogP contribution in [0.5, 0.6) is 0 Å². The number of aliphatic carboxylic acids is 1. The molecule has 0 aromatic heterocycles. The Hall–Kier alpha value is -2.96. The molecular formula is C29H31F2NO2S. The highest BCUT2D eigenvalue weighted by molar-refractivity contribution is 7.99. The fourth-order valence-corrected chi connectivity index (χ4v) is 4.53. The van der Waals surface area contributed by atoms with E-state index in [1.807, 2.05) is 24.3 Å². The number of benzene rings is 3. The van der Waals surface area contributed by atoms with Gasteiger partial charge in [0.25, 0.3) is 0 Å². The molecule has 0 radical (unpaired) electrons. The van der Waals surface area contributed by atoms with Crippen molar-refractivity contribution in [2.75, 3.05) is 12.3 Å². The fraction of sp³-hybridized carbons (Fsp3) is 0.276. The molecule has 0 bridgehead atoms. The first-order valence-electron chi connectivity index (χ1n) is 11.7. The standard InChI is InChI=1S/C29H31F2NO2S/c1-20-5-6-23(14-21(20)2)15-24(25-16-26(30)18-27(31)17-25)4-3-13-35-28-9-7-22(8-10-28)19-32-12-11-29(33)34/h5-10,14-18,32H,3-4,11-13,19H2,1-2H3,(H,33,34)/b24-15+. The van der Waals surface area contributed by atoms with Crippen molar-refractivity contribution in [3.63, 3.8) is 0 Å². The van der Waals surface area contributed by atoms with E-state index in [0.29, 0.717) is 25.1 Å². The number of rotatable bonds is 12. The smallest absolute Gasteiger partial charge is 0.304 e. The third kappa shape index (κ3) is 8.96. The van der Waals surface area contributed by atoms with Crippen LogP contribution in [0.1, 0.15) is 47.1 Å². The zero-order valence-corrected chi connectivity index (χ0v) is 20.9. The minimum absolute atomic E-state index is 0.107. The van der Waals surface area contributed by atoms with Gasteiger partial charge >= 0.3 is 5.97 Å². The number of hydrogen-bond donors (Lipinski definition) is 2. The predicted molar refractivity (Wildman–Crippen MR) is 141 cm³/mol. The van der Waals surface area contributed by atoms with Crippen LogP contribution in [0.3, 0.4) is 0 Å². The highest BCUT2D eigenvalue weighted by Gasteiger charge is 2.08. The molecule has 3 aromatic carbocycles. The third-order valence-electron chi connectivity index (χ3n) is 5.73. The van der Waals surface area contributed by atoms with Crippen molar-refractivity contribution in [1.82, 2.24) is 5.32 Å². The van der Waals surface area contributed by atoms with Crippen LogP contribution < -0.4 is 5.32 Å². The normalized spacial score (nSPS) is 11.6. The van der Waals surface area contributed by atoms with E-state index in [1.165, 1.54) is 23.3 Å². The van der Waals surface area contributed by atoms with Crippen LogP contribution in [0.25, 0.3) is 11.6 Å². The second kappa shape index (κ2) is 13.2. The zero-order valence-electron chi connectivity index (χ0n) is 20.1. The lowest BCUT2D eigenvalue weighted by atomic mass is 9.97. The van der Waals surface area contributed by atoms with Gasteiger partial charge in [-0.2, -0.15) is 0 Å². The van der Waals surface area contributed by atoms with E-state index in [0.717, 1.165) is 39.8 Å². The fourth-order valence-electron chi connectivity index (χ4n) is 3.68. The first kappa shape index (κ1) is 26.6. The van der Waals surface area contributed by atoms with Crippen LogP contribution >= 0.6 is 11.8 Å². The highest BCUT2D eigenvalue weighted by Crippen LogP contribution is 2.28. The summed E-state index contributed by atoms with van der Waals surface area (Å²) < 4.78 is 27.8. The van der Waals surface area contributed by atoms with Crippen molar-refractivity contribution in [3.05, 3.63) is 100 Å². The quantitative estimate of drug-likeness (QED) is 0.158. The number of carboxylic acids is 1. The van der Waals surface area contributed by atoms with Gasteiger partial charge in [0.2, 0.25) is 0 Å². The minimum Gasteiger partial charge on any atom is -0.481 e. The van der Waals surface area contributed by atoms with E-state index in [1.54, 1.807) is 11.8 Å². The van der Waals surface area contributed by atoms with Crippen molar-refractivity contribution in [3.8, 4) is 0 Å². The van der Waals surface area contributed by atoms with Gasteiger partial charge in [-0.3, -0.25) is 4.79 Å². The topological polar surface area (TPSA) is 49.3 Å². The molecule has 0 amide bonds. The van der Waals surface area contributed by atoms with Crippen LogP contribution in [0.15, 0.2) is 65.6 Å². The van der Waals surface area contributed by atoms with Crippen molar-refractivity contribution < 1.29 is 18.7 Å². The van der Waals surface area contributed by atoms with Gasteiger partial charge < -0.3 is 10.4 Å². The Morgan fingerprint density at radius 2 is 1.66 bits per heavy atom. The Kier molecular flexibility index (Phi) is 10.1. The molecule has 184 valence electrons. The molecule has 0 saturated heterocycles. The maximum atomic E-state index is 13.9. The Morgan fingerprint density at radius 3 is 2.31 bits per heavy atom. The predicted octanol–water partition coefficient (Wildman–Crippen LogP) is 7.26. The Bertz CT molecular complexity index is 1160. The van der Waals surface area contributed by atoms with Crippen molar-refractivity contribution >= 4 is 29.4 Å². The maximum Gasteiger partial charge on any atom is 0.304 e. The summed E-state index contributed by atoms with van der Waals surface area (Å²) in [6, 6.07) is 18.1. The highest BCUT2D eigenvalue weighted by atomic mass is 32.2. The van der Waals surface area contributed by atoms with Gasteiger partial charge in [0, 0.05) is 24.1 Å². The van der Waals surface area contributed by atoms with Gasteiger partial charge in [0.15, 0.2) is 0 Å². The number of carbonyl (C=O) groups is 1. The summed E-state index contributed by atoms with van der Waals surface area (Å²) >= 11 is 1.74. The lowest BCUT2D eigenvalue weighted by Gasteiger charge is -2.11. The molecule has 0 aliphatic rings. The number of aryl methyl sites for hydroxylation is 2. The Labute approximate surface area is 210 Å². The molecule has 0 saturated carbocycles. The summed E-state index contributed by atoms with van der Waals surface area (Å²) in [5.41, 5.74) is 6.00. The second-order valence-corrected chi connectivity index (χ2v) is 9.76. The molecule has 3 rings (SSSR count). The number of carboxylic acid groups (broad SMARTS) is 1. The van der Waals surface area contributed by atoms with E-state index < -0.39 is 17.6 Å². The van der Waals surface area contributed by atoms with E-state index in [2.05, 4.69) is 43.4 Å². The Balaban J connectivity index is 1.60. The van der Waals surface area contributed by atoms with Crippen LogP contribution in [0.4, 0.5) is 8.78 Å². The molecule has 0 atom stereocenters. The molecule has 35 heavy (non-hydrogen) atoms. The summed E-state index contributed by atoms with van der Waals surface area (Å²) in [6.07, 6.45) is 3.69. The average Bonchev–Trinajstić information content (AvgIpc) is 2.81. The van der Waals surface area contributed by atoms with E-state index in [4.69, 9.17) is 5.11 Å². The van der Waals surface area contributed by atoms with Gasteiger partial charge in [-0.15, -0.1) is 11.8 Å².